The Balaban J connectivity index is 1.92. The van der Waals surface area contributed by atoms with E-state index < -0.39 is 17.4 Å². The van der Waals surface area contributed by atoms with Crippen LogP contribution in [0, 0.1) is 11.6 Å². The molecule has 0 saturated heterocycles. The van der Waals surface area contributed by atoms with Crippen LogP contribution in [0.25, 0.3) is 0 Å². The molecule has 0 unspecified atom stereocenters. The molecule has 0 radical (unpaired) electrons. The highest BCUT2D eigenvalue weighted by molar-refractivity contribution is 7.11. The summed E-state index contributed by atoms with van der Waals surface area (Å²) >= 11 is 1.73. The number of rotatable bonds is 5. The van der Waals surface area contributed by atoms with E-state index in [0.717, 1.165) is 18.6 Å². The first-order valence-corrected chi connectivity index (χ1v) is 6.87. The lowest BCUT2D eigenvalue weighted by atomic mass is 10.2. The first-order chi connectivity index (χ1) is 9.10. The third kappa shape index (κ3) is 3.52. The molecule has 19 heavy (non-hydrogen) atoms. The maximum absolute atomic E-state index is 13.1. The molecule has 0 bridgehead atoms. The lowest BCUT2D eigenvalue weighted by Gasteiger charge is -2.05. The maximum atomic E-state index is 13.1. The van der Waals surface area contributed by atoms with Gasteiger partial charge in [0, 0.05) is 22.8 Å². The second-order valence-electron chi connectivity index (χ2n) is 4.23. The van der Waals surface area contributed by atoms with Gasteiger partial charge in [0.25, 0.3) is 0 Å². The molecule has 2 rings (SSSR count). The Hall–Kier alpha value is -1.46. The molecule has 0 fully saturated rings. The maximum Gasteiger partial charge on any atom is 0.187 e. The molecule has 0 aliphatic rings. The van der Waals surface area contributed by atoms with Crippen LogP contribution in [0.1, 0.15) is 22.2 Å². The number of aryl methyl sites for hydroxylation is 1. The highest BCUT2D eigenvalue weighted by Gasteiger charge is 2.09. The van der Waals surface area contributed by atoms with Gasteiger partial charge < -0.3 is 10.4 Å². The largest absolute Gasteiger partial charge is 0.503 e. The lowest BCUT2D eigenvalue weighted by Crippen LogP contribution is -2.12. The van der Waals surface area contributed by atoms with Crippen LogP contribution in [0.5, 0.6) is 5.75 Å². The number of hydrogen-bond acceptors (Lipinski definition) is 3. The van der Waals surface area contributed by atoms with Crippen molar-refractivity contribution in [2.75, 3.05) is 0 Å². The predicted molar refractivity (Wildman–Crippen MR) is 72.3 cm³/mol. The summed E-state index contributed by atoms with van der Waals surface area (Å²) in [5, 5.41) is 12.1. The number of aromatic hydroxyl groups is 1. The topological polar surface area (TPSA) is 32.3 Å². The van der Waals surface area contributed by atoms with Crippen molar-refractivity contribution < 1.29 is 13.9 Å². The second-order valence-corrected chi connectivity index (χ2v) is 5.49. The smallest absolute Gasteiger partial charge is 0.187 e. The fraction of sp³-hybridized carbons (Fsp3) is 0.286. The fourth-order valence-electron chi connectivity index (χ4n) is 1.76. The van der Waals surface area contributed by atoms with E-state index in [1.165, 1.54) is 9.75 Å². The zero-order chi connectivity index (χ0) is 13.8. The van der Waals surface area contributed by atoms with E-state index in [-0.39, 0.29) is 0 Å². The summed E-state index contributed by atoms with van der Waals surface area (Å²) in [5.74, 6) is -2.78. The number of benzene rings is 1. The van der Waals surface area contributed by atoms with Crippen LogP contribution in [0.3, 0.4) is 0 Å². The summed E-state index contributed by atoms with van der Waals surface area (Å²) in [4.78, 5) is 2.51. The third-order valence-electron chi connectivity index (χ3n) is 2.77. The quantitative estimate of drug-likeness (QED) is 0.879. The van der Waals surface area contributed by atoms with Crippen molar-refractivity contribution >= 4 is 11.3 Å². The molecule has 2 aromatic rings. The minimum Gasteiger partial charge on any atom is -0.503 e. The van der Waals surface area contributed by atoms with Crippen LogP contribution in [-0.4, -0.2) is 5.11 Å². The summed E-state index contributed by atoms with van der Waals surface area (Å²) in [7, 11) is 0. The van der Waals surface area contributed by atoms with E-state index >= 15 is 0 Å². The van der Waals surface area contributed by atoms with Gasteiger partial charge in [-0.1, -0.05) is 6.92 Å². The average Bonchev–Trinajstić information content (AvgIpc) is 2.84. The zero-order valence-electron chi connectivity index (χ0n) is 10.5. The summed E-state index contributed by atoms with van der Waals surface area (Å²) in [6, 6.07) is 6.41. The van der Waals surface area contributed by atoms with Crippen LogP contribution in [0.4, 0.5) is 8.78 Å². The summed E-state index contributed by atoms with van der Waals surface area (Å²) < 4.78 is 26.2. The van der Waals surface area contributed by atoms with E-state index in [1.807, 2.05) is 0 Å². The standard InChI is InChI=1S/C14H15F2NOS/c1-2-10-3-4-11(19-10)8-17-7-9-5-12(15)14(18)13(16)6-9/h3-6,17-18H,2,7-8H2,1H3. The molecule has 0 aliphatic heterocycles. The number of thiophene rings is 1. The molecule has 0 saturated carbocycles. The Labute approximate surface area is 114 Å². The molecule has 0 aliphatic carbocycles. The summed E-state index contributed by atoms with van der Waals surface area (Å²) in [6.45, 7) is 3.12. The first kappa shape index (κ1) is 14.0. The highest BCUT2D eigenvalue weighted by Crippen LogP contribution is 2.21. The van der Waals surface area contributed by atoms with Crippen molar-refractivity contribution in [2.24, 2.45) is 0 Å². The van der Waals surface area contributed by atoms with Crippen molar-refractivity contribution in [3.63, 3.8) is 0 Å². The van der Waals surface area contributed by atoms with Gasteiger partial charge in [-0.2, -0.15) is 0 Å². The van der Waals surface area contributed by atoms with Crippen LogP contribution < -0.4 is 5.32 Å². The minimum atomic E-state index is -0.929. The van der Waals surface area contributed by atoms with Gasteiger partial charge in [-0.3, -0.25) is 0 Å². The van der Waals surface area contributed by atoms with Crippen LogP contribution in [0.2, 0.25) is 0 Å². The van der Waals surface area contributed by atoms with E-state index in [4.69, 9.17) is 5.11 Å². The van der Waals surface area contributed by atoms with Crippen molar-refractivity contribution in [3.8, 4) is 5.75 Å². The molecule has 0 amide bonds. The van der Waals surface area contributed by atoms with Gasteiger partial charge in [-0.25, -0.2) is 8.78 Å². The van der Waals surface area contributed by atoms with Crippen LogP contribution >= 0.6 is 11.3 Å². The van der Waals surface area contributed by atoms with Gasteiger partial charge in [0.1, 0.15) is 0 Å². The van der Waals surface area contributed by atoms with Crippen molar-refractivity contribution in [1.82, 2.24) is 5.32 Å². The molecule has 1 aromatic carbocycles. The summed E-state index contributed by atoms with van der Waals surface area (Å²) in [5.41, 5.74) is 0.472. The van der Waals surface area contributed by atoms with Gasteiger partial charge in [-0.15, -0.1) is 11.3 Å². The van der Waals surface area contributed by atoms with Crippen molar-refractivity contribution in [1.29, 1.82) is 0 Å². The molecule has 0 spiro atoms. The number of phenols is 1. The SMILES string of the molecule is CCc1ccc(CNCc2cc(F)c(O)c(F)c2)s1. The van der Waals surface area contributed by atoms with Gasteiger partial charge >= 0.3 is 0 Å². The average molecular weight is 283 g/mol. The van der Waals surface area contributed by atoms with E-state index in [0.29, 0.717) is 18.7 Å². The van der Waals surface area contributed by atoms with Crippen molar-refractivity contribution in [2.45, 2.75) is 26.4 Å². The second kappa shape index (κ2) is 6.12. The van der Waals surface area contributed by atoms with Gasteiger partial charge in [0.15, 0.2) is 17.4 Å². The molecule has 0 atom stereocenters. The third-order valence-corrected chi connectivity index (χ3v) is 4.00. The first-order valence-electron chi connectivity index (χ1n) is 6.05. The van der Waals surface area contributed by atoms with E-state index in [2.05, 4.69) is 24.4 Å². The Morgan fingerprint density at radius 2 is 1.74 bits per heavy atom. The van der Waals surface area contributed by atoms with E-state index in [1.54, 1.807) is 11.3 Å². The normalized spacial score (nSPS) is 10.9. The van der Waals surface area contributed by atoms with E-state index in [9.17, 15) is 8.78 Å². The number of hydrogen-bond donors (Lipinski definition) is 2. The van der Waals surface area contributed by atoms with Crippen LogP contribution in [-0.2, 0) is 19.5 Å². The molecule has 1 heterocycles. The number of halogens is 2. The Morgan fingerprint density at radius 3 is 2.32 bits per heavy atom. The molecule has 2 nitrogen and oxygen atoms in total. The molecule has 2 N–H and O–H groups in total. The van der Waals surface area contributed by atoms with Crippen LogP contribution in [0.15, 0.2) is 24.3 Å². The van der Waals surface area contributed by atoms with Gasteiger partial charge in [0.05, 0.1) is 0 Å². The molecule has 5 heteroatoms. The summed E-state index contributed by atoms with van der Waals surface area (Å²) in [6.07, 6.45) is 1.01. The Kier molecular flexibility index (Phi) is 4.50. The van der Waals surface area contributed by atoms with Gasteiger partial charge in [0.2, 0.25) is 0 Å². The molecule has 102 valence electrons. The predicted octanol–water partition coefficient (Wildman–Crippen LogP) is 3.58. The number of phenolic OH excluding ortho intramolecular Hbond substituents is 1. The zero-order valence-corrected chi connectivity index (χ0v) is 11.4. The highest BCUT2D eigenvalue weighted by atomic mass is 32.1. The minimum absolute atomic E-state index is 0.355. The van der Waals surface area contributed by atoms with Crippen molar-refractivity contribution in [3.05, 3.63) is 51.2 Å². The Bertz CT molecular complexity index is 545. The monoisotopic (exact) mass is 283 g/mol. The fourth-order valence-corrected chi connectivity index (χ4v) is 2.68. The lowest BCUT2D eigenvalue weighted by molar-refractivity contribution is 0.395. The Morgan fingerprint density at radius 1 is 1.11 bits per heavy atom. The molecular formula is C14H15F2NOS. The van der Waals surface area contributed by atoms with Gasteiger partial charge in [-0.05, 0) is 36.2 Å². The number of nitrogens with one attached hydrogen (secondary N) is 1. The molecular weight excluding hydrogens is 268 g/mol. The molecule has 1 aromatic heterocycles.